The number of hydrogen-bond acceptors (Lipinski definition) is 4. The average Bonchev–Trinajstić information content (AvgIpc) is 4.12. The number of benzene rings is 4. The van der Waals surface area contributed by atoms with Crippen LogP contribution in [-0.2, 0) is 16.5 Å². The van der Waals surface area contributed by atoms with Crippen LogP contribution in [-0.4, -0.2) is 24.9 Å². The Hall–Kier alpha value is -7.41. The van der Waals surface area contributed by atoms with Gasteiger partial charge in [0.25, 0.3) is 0 Å². The smallest absolute Gasteiger partial charge is 0.657 e. The molecule has 0 spiro atoms. The molecule has 276 valence electrons. The van der Waals surface area contributed by atoms with Crippen LogP contribution >= 0.6 is 0 Å². The quantitative estimate of drug-likeness (QED) is 0.175. The molecule has 0 saturated heterocycles. The van der Waals surface area contributed by atoms with Gasteiger partial charge in [-0.3, -0.25) is 0 Å². The Morgan fingerprint density at radius 2 is 0.862 bits per heavy atom. The Labute approximate surface area is 343 Å². The number of rotatable bonds is 5. The van der Waals surface area contributed by atoms with Crippen LogP contribution in [0.5, 0.6) is 0 Å². The number of nitrogens with zero attached hydrogens (tertiary/aromatic N) is 6. The molecule has 8 bridgehead atoms. The minimum atomic E-state index is 0. The summed E-state index contributed by atoms with van der Waals surface area (Å²) in [5, 5.41) is 0. The number of pyridine rings is 1. The van der Waals surface area contributed by atoms with E-state index in [1.165, 1.54) is 0 Å². The van der Waals surface area contributed by atoms with Gasteiger partial charge in [-0.2, -0.15) is 0 Å². The van der Waals surface area contributed by atoms with Crippen molar-refractivity contribution in [2.45, 2.75) is 0 Å². The summed E-state index contributed by atoms with van der Waals surface area (Å²) in [5.41, 5.74) is 16.4. The molecule has 9 aromatic rings. The predicted molar refractivity (Wildman–Crippen MR) is 230 cm³/mol. The molecular weight excluding hydrogens is 757 g/mol. The molecule has 2 aliphatic heterocycles. The first-order chi connectivity index (χ1) is 28.2. The molecule has 8 heteroatoms. The SMILES string of the molecule is C1=Cc2nc1c(-c1ccccc1)c1ccc([n-]1)c(-c1ccccc1)c1nc(c(-c3ccccc3)c3ccc([n-]3)c2-c2ccccc2)C(c2nc3ncccc3[nH]2)=C1.[Ni+2]. The summed E-state index contributed by atoms with van der Waals surface area (Å²) < 4.78 is 0. The number of fused-ring (bicyclic) bond motifs is 9. The zero-order valence-corrected chi connectivity index (χ0v) is 31.8. The van der Waals surface area contributed by atoms with Crippen LogP contribution in [0.2, 0.25) is 0 Å². The molecule has 7 nitrogen and oxygen atoms in total. The van der Waals surface area contributed by atoms with Crippen molar-refractivity contribution in [1.82, 2.24) is 34.9 Å². The van der Waals surface area contributed by atoms with Crippen LogP contribution in [0, 0.1) is 0 Å². The number of hydrogen-bond donors (Lipinski definition) is 1. The van der Waals surface area contributed by atoms with E-state index in [0.29, 0.717) is 11.5 Å². The van der Waals surface area contributed by atoms with Gasteiger partial charge in [0.2, 0.25) is 0 Å². The number of aromatic amines is 1. The van der Waals surface area contributed by atoms with Gasteiger partial charge in [0.05, 0.1) is 28.3 Å². The molecule has 58 heavy (non-hydrogen) atoms. The monoisotopic (exact) mass is 787 g/mol. The van der Waals surface area contributed by atoms with Gasteiger partial charge in [-0.25, -0.2) is 19.9 Å². The van der Waals surface area contributed by atoms with Crippen molar-refractivity contribution in [3.8, 4) is 44.5 Å². The average molecular weight is 789 g/mol. The largest absolute Gasteiger partial charge is 2.00 e. The van der Waals surface area contributed by atoms with Crippen LogP contribution < -0.4 is 9.97 Å². The second kappa shape index (κ2) is 14.6. The van der Waals surface area contributed by atoms with Crippen molar-refractivity contribution in [1.29, 1.82) is 0 Å². The third kappa shape index (κ3) is 6.08. The maximum absolute atomic E-state index is 5.57. The van der Waals surface area contributed by atoms with E-state index in [0.717, 1.165) is 100 Å². The summed E-state index contributed by atoms with van der Waals surface area (Å²) in [6.45, 7) is 0. The Balaban J connectivity index is 0.00000408. The van der Waals surface area contributed by atoms with Crippen LogP contribution in [0.25, 0.3) is 102 Å². The first-order valence-electron chi connectivity index (χ1n) is 18.9. The molecule has 0 saturated carbocycles. The fraction of sp³-hybridized carbons (Fsp3) is 0. The first-order valence-corrected chi connectivity index (χ1v) is 18.9. The Morgan fingerprint density at radius 3 is 1.34 bits per heavy atom. The van der Waals surface area contributed by atoms with Crippen molar-refractivity contribution in [2.75, 3.05) is 0 Å². The van der Waals surface area contributed by atoms with Gasteiger partial charge in [0.15, 0.2) is 5.65 Å². The molecule has 0 aliphatic carbocycles. The Bertz CT molecular complexity index is 3180. The summed E-state index contributed by atoms with van der Waals surface area (Å²) in [4.78, 5) is 34.9. The maximum Gasteiger partial charge on any atom is 2.00 e. The summed E-state index contributed by atoms with van der Waals surface area (Å²) in [5.74, 6) is 0.670. The summed E-state index contributed by atoms with van der Waals surface area (Å²) in [6, 6.07) is 53.7. The first kappa shape index (κ1) is 35.0. The van der Waals surface area contributed by atoms with Gasteiger partial charge in [0.1, 0.15) is 5.82 Å². The fourth-order valence-corrected chi connectivity index (χ4v) is 7.92. The van der Waals surface area contributed by atoms with Gasteiger partial charge in [-0.15, -0.1) is 22.1 Å². The Morgan fingerprint density at radius 1 is 0.414 bits per heavy atom. The minimum absolute atomic E-state index is 0. The normalized spacial score (nSPS) is 12.0. The fourth-order valence-electron chi connectivity index (χ4n) is 7.92. The second-order valence-corrected chi connectivity index (χ2v) is 14.0. The van der Waals surface area contributed by atoms with Crippen LogP contribution in [0.4, 0.5) is 0 Å². The van der Waals surface area contributed by atoms with Crippen LogP contribution in [0.1, 0.15) is 28.6 Å². The van der Waals surface area contributed by atoms with Crippen LogP contribution in [0.3, 0.4) is 0 Å². The van der Waals surface area contributed by atoms with E-state index in [4.69, 9.17) is 24.9 Å². The Kier molecular flexibility index (Phi) is 8.81. The zero-order valence-electron chi connectivity index (χ0n) is 30.8. The molecule has 2 aliphatic rings. The van der Waals surface area contributed by atoms with Crippen LogP contribution in [0.15, 0.2) is 164 Å². The van der Waals surface area contributed by atoms with E-state index < -0.39 is 0 Å². The van der Waals surface area contributed by atoms with E-state index in [1.54, 1.807) is 6.20 Å². The minimum Gasteiger partial charge on any atom is -0.657 e. The number of aromatic nitrogens is 7. The molecule has 4 aromatic carbocycles. The van der Waals surface area contributed by atoms with Gasteiger partial charge >= 0.3 is 16.5 Å². The van der Waals surface area contributed by atoms with E-state index in [2.05, 4.69) is 150 Å². The number of H-pyrrole nitrogens is 1. The summed E-state index contributed by atoms with van der Waals surface area (Å²) >= 11 is 0. The third-order valence-electron chi connectivity index (χ3n) is 10.5. The predicted octanol–water partition coefficient (Wildman–Crippen LogP) is 11.3. The third-order valence-corrected chi connectivity index (χ3v) is 10.5. The molecule has 1 N–H and O–H groups in total. The van der Waals surface area contributed by atoms with Crippen molar-refractivity contribution in [3.05, 3.63) is 193 Å². The number of imidazole rings is 1. The maximum atomic E-state index is 5.57. The molecule has 0 fully saturated rings. The van der Waals surface area contributed by atoms with Gasteiger partial charge in [-0.05, 0) is 74.9 Å². The topological polar surface area (TPSA) is 95.6 Å². The molecule has 0 amide bonds. The zero-order chi connectivity index (χ0) is 37.7. The van der Waals surface area contributed by atoms with Crippen molar-refractivity contribution >= 4 is 57.0 Å². The van der Waals surface area contributed by atoms with Gasteiger partial charge in [0, 0.05) is 11.8 Å². The molecule has 11 rings (SSSR count). The van der Waals surface area contributed by atoms with Crippen molar-refractivity contribution < 1.29 is 16.5 Å². The molecule has 0 unspecified atom stereocenters. The summed E-state index contributed by atoms with van der Waals surface area (Å²) in [6.07, 6.45) is 8.08. The van der Waals surface area contributed by atoms with E-state index in [1.807, 2.05) is 36.4 Å². The molecule has 7 heterocycles. The standard InChI is InChI=1S/C50H31N7.Ni/c1-5-14-31(15-6-1)44-36-23-24-37(52-36)45(32-16-7-2-8-17-32)39-27-28-41(54-39)47(34-20-11-4-12-21-34)48-35(49-56-42-22-13-29-51-50(42)57-49)30-43(55-48)46(33-18-9-3-10-19-33)40-26-25-38(44)53-40;/h1-30H,(H,51,56,57);/q-2;+2. The van der Waals surface area contributed by atoms with E-state index in [-0.39, 0.29) is 16.5 Å². The van der Waals surface area contributed by atoms with Gasteiger partial charge in [-0.1, -0.05) is 146 Å². The van der Waals surface area contributed by atoms with Crippen molar-refractivity contribution in [2.24, 2.45) is 0 Å². The second-order valence-electron chi connectivity index (χ2n) is 14.0. The van der Waals surface area contributed by atoms with E-state index in [9.17, 15) is 0 Å². The van der Waals surface area contributed by atoms with Crippen molar-refractivity contribution in [3.63, 3.8) is 0 Å². The summed E-state index contributed by atoms with van der Waals surface area (Å²) in [7, 11) is 0. The molecule has 0 radical (unpaired) electrons. The van der Waals surface area contributed by atoms with Gasteiger partial charge < -0.3 is 15.0 Å². The number of nitrogens with one attached hydrogen (secondary N) is 1. The molecular formula is C50H31N7Ni. The molecule has 0 atom stereocenters. The molecule has 5 aromatic heterocycles. The van der Waals surface area contributed by atoms with E-state index >= 15 is 0 Å².